The molecule has 0 radical (unpaired) electrons. The summed E-state index contributed by atoms with van der Waals surface area (Å²) in [4.78, 5) is 23.6. The van der Waals surface area contributed by atoms with Crippen molar-refractivity contribution >= 4 is 12.0 Å². The van der Waals surface area contributed by atoms with Crippen LogP contribution in [-0.2, 0) is 9.53 Å². The van der Waals surface area contributed by atoms with Gasteiger partial charge in [-0.15, -0.1) is 0 Å². The maximum Gasteiger partial charge on any atom is 0.328 e. The summed E-state index contributed by atoms with van der Waals surface area (Å²) in [6, 6.07) is -0.783. The Hall–Kier alpha value is -1.26. The van der Waals surface area contributed by atoms with E-state index in [1.807, 2.05) is 20.8 Å². The SMILES string of the molecule is CCCCCC(C)NC(=O)NC(C(=O)OC)C(C)CC. The van der Waals surface area contributed by atoms with Crippen molar-refractivity contribution in [3.63, 3.8) is 0 Å². The van der Waals surface area contributed by atoms with Crippen LogP contribution in [0.3, 0.4) is 0 Å². The number of unbranched alkanes of at least 4 members (excludes halogenated alkanes) is 2. The second kappa shape index (κ2) is 10.5. The smallest absolute Gasteiger partial charge is 0.328 e. The topological polar surface area (TPSA) is 67.4 Å². The fourth-order valence-electron chi connectivity index (χ4n) is 1.98. The van der Waals surface area contributed by atoms with Crippen molar-refractivity contribution in [2.45, 2.75) is 71.9 Å². The largest absolute Gasteiger partial charge is 0.467 e. The summed E-state index contributed by atoms with van der Waals surface area (Å²) in [5.74, 6) is -0.350. The number of ether oxygens (including phenoxy) is 1. The van der Waals surface area contributed by atoms with Gasteiger partial charge in [0.15, 0.2) is 0 Å². The Balaban J connectivity index is 4.28. The molecule has 0 aliphatic heterocycles. The van der Waals surface area contributed by atoms with Gasteiger partial charge in [0, 0.05) is 6.04 Å². The molecule has 0 saturated carbocycles. The molecule has 5 nitrogen and oxygen atoms in total. The third kappa shape index (κ3) is 7.36. The number of rotatable bonds is 9. The molecule has 0 bridgehead atoms. The molecular weight excluding hydrogens is 256 g/mol. The molecular formula is C15H30N2O3. The zero-order valence-electron chi connectivity index (χ0n) is 13.5. The third-order valence-corrected chi connectivity index (χ3v) is 3.57. The minimum Gasteiger partial charge on any atom is -0.467 e. The first-order valence-corrected chi connectivity index (χ1v) is 7.61. The first-order valence-electron chi connectivity index (χ1n) is 7.61. The Bertz CT molecular complexity index is 295. The van der Waals surface area contributed by atoms with Gasteiger partial charge in [0.2, 0.25) is 0 Å². The van der Waals surface area contributed by atoms with Gasteiger partial charge in [-0.2, -0.15) is 0 Å². The van der Waals surface area contributed by atoms with Crippen LogP contribution in [0.2, 0.25) is 0 Å². The molecule has 0 saturated heterocycles. The summed E-state index contributed by atoms with van der Waals surface area (Å²) in [7, 11) is 1.34. The number of amides is 2. The number of esters is 1. The number of nitrogens with one attached hydrogen (secondary N) is 2. The number of hydrogen-bond acceptors (Lipinski definition) is 3. The molecule has 0 aromatic heterocycles. The molecule has 3 atom stereocenters. The van der Waals surface area contributed by atoms with Gasteiger partial charge >= 0.3 is 12.0 Å². The molecule has 0 spiro atoms. The lowest BCUT2D eigenvalue weighted by atomic mass is 9.99. The lowest BCUT2D eigenvalue weighted by molar-refractivity contribution is -0.144. The van der Waals surface area contributed by atoms with Gasteiger partial charge in [0.05, 0.1) is 7.11 Å². The molecule has 0 aromatic carbocycles. The maximum atomic E-state index is 11.9. The van der Waals surface area contributed by atoms with Crippen LogP contribution in [0.4, 0.5) is 4.79 Å². The number of carbonyl (C=O) groups is 2. The molecule has 0 aliphatic carbocycles. The van der Waals surface area contributed by atoms with Crippen LogP contribution < -0.4 is 10.6 Å². The van der Waals surface area contributed by atoms with E-state index < -0.39 is 12.0 Å². The zero-order valence-corrected chi connectivity index (χ0v) is 13.5. The first kappa shape index (κ1) is 18.7. The summed E-state index contributed by atoms with van der Waals surface area (Å²) in [6.07, 6.45) is 5.19. The predicted molar refractivity (Wildman–Crippen MR) is 80.5 cm³/mol. The number of carbonyl (C=O) groups excluding carboxylic acids is 2. The van der Waals surface area contributed by atoms with E-state index in [0.717, 1.165) is 25.7 Å². The van der Waals surface area contributed by atoms with E-state index in [-0.39, 0.29) is 18.0 Å². The van der Waals surface area contributed by atoms with Crippen LogP contribution in [0.15, 0.2) is 0 Å². The number of hydrogen-bond donors (Lipinski definition) is 2. The van der Waals surface area contributed by atoms with Gasteiger partial charge in [0.1, 0.15) is 6.04 Å². The molecule has 0 aromatic rings. The summed E-state index contributed by atoms with van der Waals surface area (Å²) in [6.45, 7) is 8.03. The van der Waals surface area contributed by atoms with E-state index in [2.05, 4.69) is 17.6 Å². The number of methoxy groups -OCH3 is 1. The van der Waals surface area contributed by atoms with Crippen LogP contribution in [0.1, 0.15) is 59.8 Å². The zero-order chi connectivity index (χ0) is 15.5. The van der Waals surface area contributed by atoms with Gasteiger partial charge in [-0.1, -0.05) is 46.5 Å². The fourth-order valence-corrected chi connectivity index (χ4v) is 1.98. The quantitative estimate of drug-likeness (QED) is 0.506. The van der Waals surface area contributed by atoms with Crippen molar-refractivity contribution in [2.75, 3.05) is 7.11 Å². The molecule has 118 valence electrons. The second-order valence-electron chi connectivity index (χ2n) is 5.40. The molecule has 5 heteroatoms. The van der Waals surface area contributed by atoms with Crippen LogP contribution in [0.5, 0.6) is 0 Å². The highest BCUT2D eigenvalue weighted by Crippen LogP contribution is 2.09. The highest BCUT2D eigenvalue weighted by atomic mass is 16.5. The lowest BCUT2D eigenvalue weighted by Gasteiger charge is -2.23. The van der Waals surface area contributed by atoms with Crippen molar-refractivity contribution < 1.29 is 14.3 Å². The highest BCUT2D eigenvalue weighted by molar-refractivity contribution is 5.83. The van der Waals surface area contributed by atoms with Gasteiger partial charge in [-0.05, 0) is 19.3 Å². The Morgan fingerprint density at radius 1 is 1.10 bits per heavy atom. The molecule has 3 unspecified atom stereocenters. The Labute approximate surface area is 122 Å². The van der Waals surface area contributed by atoms with E-state index in [1.54, 1.807) is 0 Å². The summed E-state index contributed by atoms with van der Waals surface area (Å²) >= 11 is 0. The van der Waals surface area contributed by atoms with Crippen molar-refractivity contribution in [1.29, 1.82) is 0 Å². The van der Waals surface area contributed by atoms with Crippen molar-refractivity contribution in [2.24, 2.45) is 5.92 Å². The van der Waals surface area contributed by atoms with E-state index in [1.165, 1.54) is 13.5 Å². The standard InChI is InChI=1S/C15H30N2O3/c1-6-8-9-10-12(4)16-15(19)17-13(11(3)7-2)14(18)20-5/h11-13H,6-10H2,1-5H3,(H2,16,17,19). The fraction of sp³-hybridized carbons (Fsp3) is 0.867. The molecule has 0 heterocycles. The van der Waals surface area contributed by atoms with Crippen LogP contribution in [0, 0.1) is 5.92 Å². The first-order chi connectivity index (χ1) is 9.46. The molecule has 20 heavy (non-hydrogen) atoms. The maximum absolute atomic E-state index is 11.9. The van der Waals surface area contributed by atoms with Crippen LogP contribution in [-0.4, -0.2) is 31.2 Å². The van der Waals surface area contributed by atoms with Crippen LogP contribution in [0.25, 0.3) is 0 Å². The third-order valence-electron chi connectivity index (χ3n) is 3.57. The normalized spacial score (nSPS) is 15.1. The lowest BCUT2D eigenvalue weighted by Crippen LogP contribution is -2.51. The van der Waals surface area contributed by atoms with E-state index >= 15 is 0 Å². The van der Waals surface area contributed by atoms with Crippen LogP contribution >= 0.6 is 0 Å². The Kier molecular flexibility index (Phi) is 9.86. The van der Waals surface area contributed by atoms with Gasteiger partial charge in [-0.25, -0.2) is 9.59 Å². The van der Waals surface area contributed by atoms with Gasteiger partial charge in [0.25, 0.3) is 0 Å². The molecule has 0 aliphatic rings. The van der Waals surface area contributed by atoms with E-state index in [0.29, 0.717) is 0 Å². The summed E-state index contributed by atoms with van der Waals surface area (Å²) in [5, 5.41) is 5.58. The summed E-state index contributed by atoms with van der Waals surface area (Å²) < 4.78 is 4.74. The average molecular weight is 286 g/mol. The van der Waals surface area contributed by atoms with Gasteiger partial charge < -0.3 is 15.4 Å². The molecule has 2 amide bonds. The number of urea groups is 1. The van der Waals surface area contributed by atoms with Crippen molar-refractivity contribution in [3.8, 4) is 0 Å². The molecule has 0 rings (SSSR count). The van der Waals surface area contributed by atoms with Crippen molar-refractivity contribution in [1.82, 2.24) is 10.6 Å². The van der Waals surface area contributed by atoms with Gasteiger partial charge in [-0.3, -0.25) is 0 Å². The monoisotopic (exact) mass is 286 g/mol. The summed E-state index contributed by atoms with van der Waals surface area (Å²) in [5.41, 5.74) is 0. The predicted octanol–water partition coefficient (Wildman–Crippen LogP) is 2.84. The average Bonchev–Trinajstić information content (AvgIpc) is 2.43. The minimum atomic E-state index is -0.590. The Morgan fingerprint density at radius 3 is 2.25 bits per heavy atom. The minimum absolute atomic E-state index is 0.0450. The van der Waals surface area contributed by atoms with E-state index in [4.69, 9.17) is 4.74 Å². The Morgan fingerprint density at radius 2 is 1.75 bits per heavy atom. The second-order valence-corrected chi connectivity index (χ2v) is 5.40. The van der Waals surface area contributed by atoms with E-state index in [9.17, 15) is 9.59 Å². The highest BCUT2D eigenvalue weighted by Gasteiger charge is 2.26. The molecule has 2 N–H and O–H groups in total. The molecule has 0 fully saturated rings. The van der Waals surface area contributed by atoms with Crippen molar-refractivity contribution in [3.05, 3.63) is 0 Å².